The van der Waals surface area contributed by atoms with E-state index in [1.54, 1.807) is 12.4 Å². The van der Waals surface area contributed by atoms with Crippen molar-refractivity contribution in [3.8, 4) is 0 Å². The van der Waals surface area contributed by atoms with Crippen LogP contribution in [-0.4, -0.2) is 25.5 Å². The van der Waals surface area contributed by atoms with Crippen LogP contribution in [0.4, 0.5) is 0 Å². The van der Waals surface area contributed by atoms with E-state index in [0.29, 0.717) is 0 Å². The molecule has 0 amide bonds. The fourth-order valence-corrected chi connectivity index (χ4v) is 0.305. The van der Waals surface area contributed by atoms with Gasteiger partial charge in [0.05, 0.1) is 0 Å². The van der Waals surface area contributed by atoms with Gasteiger partial charge in [-0.1, -0.05) is 0 Å². The molecule has 0 fully saturated rings. The molecule has 0 aromatic rings. The van der Waals surface area contributed by atoms with Gasteiger partial charge in [0.2, 0.25) is 0 Å². The van der Waals surface area contributed by atoms with E-state index in [4.69, 9.17) is 0 Å². The molecule has 0 spiro atoms. The van der Waals surface area contributed by atoms with Crippen LogP contribution in [0.1, 0.15) is 13.8 Å². The van der Waals surface area contributed by atoms with Gasteiger partial charge in [0.1, 0.15) is 0 Å². The van der Waals surface area contributed by atoms with Gasteiger partial charge < -0.3 is 0 Å². The van der Waals surface area contributed by atoms with E-state index < -0.39 is 0 Å². The first-order valence-corrected chi connectivity index (χ1v) is 2.90. The van der Waals surface area contributed by atoms with E-state index in [-0.39, 0.29) is 0 Å². The molecular formula is C6H12N2. The predicted molar refractivity (Wildman–Crippen MR) is 38.1 cm³/mol. The molecule has 0 rings (SSSR count). The summed E-state index contributed by atoms with van der Waals surface area (Å²) in [6.45, 7) is 5.68. The van der Waals surface area contributed by atoms with Gasteiger partial charge >= 0.3 is 0 Å². The van der Waals surface area contributed by atoms with Gasteiger partial charge in [-0.15, -0.1) is 0 Å². The van der Waals surface area contributed by atoms with Gasteiger partial charge in [-0.3, -0.25) is 9.98 Å². The third-order valence-electron chi connectivity index (χ3n) is 0.643. The lowest BCUT2D eigenvalue weighted by atomic mass is 10.7. The standard InChI is InChI=1S/C6H12N2/c1-3-7-5-6-8-4-2/h5-6H,3-4H2,1-2H3/b7-5+,8-6+. The average Bonchev–Trinajstić information content (AvgIpc) is 1.81. The highest BCUT2D eigenvalue weighted by Gasteiger charge is 1.62. The van der Waals surface area contributed by atoms with Gasteiger partial charge in [-0.05, 0) is 13.8 Å². The Balaban J connectivity index is 3.13. The van der Waals surface area contributed by atoms with Crippen LogP contribution in [0, 0.1) is 0 Å². The SMILES string of the molecule is CC/N=C/C=N/CC. The molecule has 0 N–H and O–H groups in total. The number of hydrogen-bond donors (Lipinski definition) is 0. The lowest BCUT2D eigenvalue weighted by Crippen LogP contribution is -1.77. The molecule has 0 aliphatic carbocycles. The molecule has 0 aliphatic heterocycles. The predicted octanol–water partition coefficient (Wildman–Crippen LogP) is 1.17. The highest BCUT2D eigenvalue weighted by atomic mass is 14.7. The van der Waals surface area contributed by atoms with Crippen molar-refractivity contribution in [2.24, 2.45) is 9.98 Å². The van der Waals surface area contributed by atoms with Crippen molar-refractivity contribution >= 4 is 12.4 Å². The Morgan fingerprint density at radius 2 is 1.38 bits per heavy atom. The largest absolute Gasteiger partial charge is 0.292 e. The molecule has 0 aliphatic rings. The summed E-state index contributed by atoms with van der Waals surface area (Å²) in [5.41, 5.74) is 0. The van der Waals surface area contributed by atoms with Crippen molar-refractivity contribution in [2.75, 3.05) is 13.1 Å². The zero-order valence-electron chi connectivity index (χ0n) is 5.46. The normalized spacial score (nSPS) is 11.8. The minimum absolute atomic E-state index is 0.843. The fourth-order valence-electron chi connectivity index (χ4n) is 0.305. The zero-order chi connectivity index (χ0) is 6.24. The summed E-state index contributed by atoms with van der Waals surface area (Å²) < 4.78 is 0. The van der Waals surface area contributed by atoms with Crippen molar-refractivity contribution in [2.45, 2.75) is 13.8 Å². The first-order valence-electron chi connectivity index (χ1n) is 2.90. The van der Waals surface area contributed by atoms with E-state index >= 15 is 0 Å². The van der Waals surface area contributed by atoms with Crippen molar-refractivity contribution in [1.29, 1.82) is 0 Å². The molecule has 2 nitrogen and oxygen atoms in total. The monoisotopic (exact) mass is 112 g/mol. The van der Waals surface area contributed by atoms with Crippen LogP contribution in [0.3, 0.4) is 0 Å². The number of aliphatic imine (C=N–C) groups is 2. The van der Waals surface area contributed by atoms with Crippen LogP contribution in [0.2, 0.25) is 0 Å². The average molecular weight is 112 g/mol. The third-order valence-corrected chi connectivity index (χ3v) is 0.643. The van der Waals surface area contributed by atoms with E-state index in [2.05, 4.69) is 9.98 Å². The molecule has 0 atom stereocenters. The molecule has 0 bridgehead atoms. The molecule has 8 heavy (non-hydrogen) atoms. The highest BCUT2D eigenvalue weighted by molar-refractivity contribution is 6.15. The Morgan fingerprint density at radius 1 is 1.00 bits per heavy atom. The Labute approximate surface area is 50.4 Å². The maximum atomic E-state index is 3.94. The molecule has 0 aromatic carbocycles. The second kappa shape index (κ2) is 6.34. The molecule has 0 unspecified atom stereocenters. The molecule has 0 saturated heterocycles. The van der Waals surface area contributed by atoms with E-state index in [1.165, 1.54) is 0 Å². The topological polar surface area (TPSA) is 24.7 Å². The molecular weight excluding hydrogens is 100 g/mol. The molecule has 2 heteroatoms. The number of rotatable bonds is 3. The van der Waals surface area contributed by atoms with Crippen LogP contribution in [0.15, 0.2) is 9.98 Å². The van der Waals surface area contributed by atoms with Gasteiger partial charge in [0.15, 0.2) is 0 Å². The molecule has 0 heterocycles. The van der Waals surface area contributed by atoms with Crippen LogP contribution in [0.25, 0.3) is 0 Å². The summed E-state index contributed by atoms with van der Waals surface area (Å²) in [5.74, 6) is 0. The Morgan fingerprint density at radius 3 is 1.62 bits per heavy atom. The maximum Gasteiger partial charge on any atom is 0.0390 e. The summed E-state index contributed by atoms with van der Waals surface area (Å²) in [6, 6.07) is 0. The molecule has 0 aromatic heterocycles. The van der Waals surface area contributed by atoms with Crippen molar-refractivity contribution < 1.29 is 0 Å². The first kappa shape index (κ1) is 7.34. The minimum Gasteiger partial charge on any atom is -0.292 e. The second-order valence-corrected chi connectivity index (χ2v) is 1.30. The van der Waals surface area contributed by atoms with Crippen molar-refractivity contribution in [1.82, 2.24) is 0 Å². The van der Waals surface area contributed by atoms with Gasteiger partial charge in [-0.25, -0.2) is 0 Å². The summed E-state index contributed by atoms with van der Waals surface area (Å²) in [7, 11) is 0. The Kier molecular flexibility index (Phi) is 5.82. The van der Waals surface area contributed by atoms with E-state index in [9.17, 15) is 0 Å². The maximum absolute atomic E-state index is 3.94. The number of hydrogen-bond acceptors (Lipinski definition) is 2. The Bertz CT molecular complexity index is 72.5. The smallest absolute Gasteiger partial charge is 0.0390 e. The van der Waals surface area contributed by atoms with Gasteiger partial charge in [-0.2, -0.15) is 0 Å². The van der Waals surface area contributed by atoms with Gasteiger partial charge in [0.25, 0.3) is 0 Å². The second-order valence-electron chi connectivity index (χ2n) is 1.30. The van der Waals surface area contributed by atoms with E-state index in [1.807, 2.05) is 13.8 Å². The van der Waals surface area contributed by atoms with Crippen LogP contribution in [-0.2, 0) is 0 Å². The molecule has 46 valence electrons. The van der Waals surface area contributed by atoms with E-state index in [0.717, 1.165) is 13.1 Å². The molecule has 0 saturated carbocycles. The quantitative estimate of drug-likeness (QED) is 0.489. The lowest BCUT2D eigenvalue weighted by Gasteiger charge is -1.75. The third kappa shape index (κ3) is 5.34. The van der Waals surface area contributed by atoms with Crippen molar-refractivity contribution in [3.63, 3.8) is 0 Å². The van der Waals surface area contributed by atoms with Crippen molar-refractivity contribution in [3.05, 3.63) is 0 Å². The summed E-state index contributed by atoms with van der Waals surface area (Å²) in [6.07, 6.45) is 3.45. The van der Waals surface area contributed by atoms with Crippen LogP contribution >= 0.6 is 0 Å². The minimum atomic E-state index is 0.843. The van der Waals surface area contributed by atoms with Crippen LogP contribution in [0.5, 0.6) is 0 Å². The summed E-state index contributed by atoms with van der Waals surface area (Å²) in [4.78, 5) is 7.87. The Hall–Kier alpha value is -0.660. The summed E-state index contributed by atoms with van der Waals surface area (Å²) >= 11 is 0. The first-order chi connectivity index (χ1) is 3.91. The molecule has 0 radical (unpaired) electrons. The van der Waals surface area contributed by atoms with Gasteiger partial charge in [0, 0.05) is 25.5 Å². The zero-order valence-corrected chi connectivity index (χ0v) is 5.46. The number of nitrogens with zero attached hydrogens (tertiary/aromatic N) is 2. The summed E-state index contributed by atoms with van der Waals surface area (Å²) in [5, 5.41) is 0. The highest BCUT2D eigenvalue weighted by Crippen LogP contribution is 1.62. The van der Waals surface area contributed by atoms with Crippen LogP contribution < -0.4 is 0 Å². The fraction of sp³-hybridized carbons (Fsp3) is 0.667. The lowest BCUT2D eigenvalue weighted by molar-refractivity contribution is 1.13.